The van der Waals surface area contributed by atoms with Crippen LogP contribution in [0.4, 0.5) is 5.69 Å². The number of aryl methyl sites for hydroxylation is 1. The lowest BCUT2D eigenvalue weighted by molar-refractivity contribution is 0.0697. The molecule has 98 valence electrons. The van der Waals surface area contributed by atoms with Gasteiger partial charge in [0.25, 0.3) is 5.91 Å². The molecule has 0 fully saturated rings. The van der Waals surface area contributed by atoms with Crippen LogP contribution in [0.1, 0.15) is 25.6 Å². The van der Waals surface area contributed by atoms with Crippen molar-refractivity contribution in [1.82, 2.24) is 0 Å². The summed E-state index contributed by atoms with van der Waals surface area (Å²) in [5.74, 6) is -1.75. The molecule has 0 aliphatic rings. The third-order valence-electron chi connectivity index (χ3n) is 2.44. The lowest BCUT2D eigenvalue weighted by atomic mass is 10.1. The minimum absolute atomic E-state index is 0.151. The number of carboxylic acids is 1. The van der Waals surface area contributed by atoms with E-state index in [0.29, 0.717) is 4.88 Å². The van der Waals surface area contributed by atoms with E-state index in [1.807, 2.05) is 12.3 Å². The molecular weight excluding hydrogens is 266 g/mol. The lowest BCUT2D eigenvalue weighted by Crippen LogP contribution is -2.13. The quantitative estimate of drug-likeness (QED) is 0.753. The first-order valence-corrected chi connectivity index (χ1v) is 6.28. The molecule has 0 atom stereocenters. The van der Waals surface area contributed by atoms with Crippen LogP contribution < -0.4 is 5.32 Å². The largest absolute Gasteiger partial charge is 0.508 e. The first-order chi connectivity index (χ1) is 8.97. The van der Waals surface area contributed by atoms with Gasteiger partial charge in [0.05, 0.1) is 16.1 Å². The fourth-order valence-electron chi connectivity index (χ4n) is 1.55. The summed E-state index contributed by atoms with van der Waals surface area (Å²) in [6.45, 7) is 1.87. The molecule has 0 spiro atoms. The number of hydrogen-bond donors (Lipinski definition) is 3. The Morgan fingerprint density at radius 2 is 2.00 bits per heavy atom. The Labute approximate surface area is 113 Å². The highest BCUT2D eigenvalue weighted by Crippen LogP contribution is 2.23. The van der Waals surface area contributed by atoms with E-state index in [2.05, 4.69) is 5.32 Å². The van der Waals surface area contributed by atoms with E-state index >= 15 is 0 Å². The molecule has 1 heterocycles. The van der Waals surface area contributed by atoms with Gasteiger partial charge in [0.1, 0.15) is 5.75 Å². The molecule has 1 aromatic heterocycles. The first-order valence-electron chi connectivity index (χ1n) is 5.40. The number of rotatable bonds is 3. The zero-order valence-electron chi connectivity index (χ0n) is 10.0. The van der Waals surface area contributed by atoms with Crippen LogP contribution in [-0.4, -0.2) is 22.1 Å². The molecule has 0 saturated carbocycles. The average molecular weight is 277 g/mol. The normalized spacial score (nSPS) is 10.2. The fourth-order valence-corrected chi connectivity index (χ4v) is 2.35. The average Bonchev–Trinajstić information content (AvgIpc) is 2.78. The van der Waals surface area contributed by atoms with Gasteiger partial charge in [-0.05, 0) is 42.1 Å². The van der Waals surface area contributed by atoms with Gasteiger partial charge < -0.3 is 15.5 Å². The van der Waals surface area contributed by atoms with Crippen molar-refractivity contribution in [2.75, 3.05) is 5.32 Å². The number of phenolic OH excluding ortho intramolecular Hbond substituents is 1. The molecule has 19 heavy (non-hydrogen) atoms. The van der Waals surface area contributed by atoms with Gasteiger partial charge in [-0.2, -0.15) is 0 Å². The van der Waals surface area contributed by atoms with Gasteiger partial charge in [0.15, 0.2) is 0 Å². The predicted octanol–water partition coefficient (Wildman–Crippen LogP) is 2.71. The molecule has 0 aliphatic carbocycles. The predicted molar refractivity (Wildman–Crippen MR) is 72.1 cm³/mol. The van der Waals surface area contributed by atoms with Gasteiger partial charge in [0, 0.05) is 0 Å². The maximum absolute atomic E-state index is 11.9. The topological polar surface area (TPSA) is 86.6 Å². The highest BCUT2D eigenvalue weighted by atomic mass is 32.1. The molecule has 2 rings (SSSR count). The minimum Gasteiger partial charge on any atom is -0.508 e. The number of hydrogen-bond acceptors (Lipinski definition) is 4. The van der Waals surface area contributed by atoms with Gasteiger partial charge in [-0.1, -0.05) is 0 Å². The monoisotopic (exact) mass is 277 g/mol. The van der Waals surface area contributed by atoms with Crippen molar-refractivity contribution in [3.63, 3.8) is 0 Å². The number of thiophene rings is 1. The van der Waals surface area contributed by atoms with E-state index in [-0.39, 0.29) is 22.9 Å². The molecule has 0 aliphatic heterocycles. The summed E-state index contributed by atoms with van der Waals surface area (Å²) in [6.07, 6.45) is 0. The summed E-state index contributed by atoms with van der Waals surface area (Å²) in [5.41, 5.74) is 0.974. The Hall–Kier alpha value is -2.34. The minimum atomic E-state index is -1.21. The number of phenols is 1. The summed E-state index contributed by atoms with van der Waals surface area (Å²) in [4.78, 5) is 23.5. The van der Waals surface area contributed by atoms with Gasteiger partial charge in [-0.3, -0.25) is 4.79 Å². The standard InChI is InChI=1S/C13H11NO4S/c1-7-4-11(19-6-7)12(16)14-10-3-2-8(15)5-9(10)13(17)18/h2-6,15H,1H3,(H,14,16)(H,17,18). The Balaban J connectivity index is 2.28. The molecule has 6 heteroatoms. The number of aromatic carboxylic acids is 1. The van der Waals surface area contributed by atoms with E-state index < -0.39 is 5.97 Å². The summed E-state index contributed by atoms with van der Waals surface area (Å²) >= 11 is 1.29. The van der Waals surface area contributed by atoms with Crippen LogP contribution in [0.5, 0.6) is 5.75 Å². The molecule has 2 aromatic rings. The summed E-state index contributed by atoms with van der Waals surface area (Å²) < 4.78 is 0. The first kappa shape index (κ1) is 13.1. The second kappa shape index (κ2) is 5.11. The van der Waals surface area contributed by atoms with Crippen LogP contribution in [-0.2, 0) is 0 Å². The van der Waals surface area contributed by atoms with Crippen molar-refractivity contribution in [3.05, 3.63) is 45.6 Å². The highest BCUT2D eigenvalue weighted by Gasteiger charge is 2.15. The molecule has 0 bridgehead atoms. The van der Waals surface area contributed by atoms with Gasteiger partial charge in [0.2, 0.25) is 0 Å². The molecule has 5 nitrogen and oxygen atoms in total. The van der Waals surface area contributed by atoms with Crippen molar-refractivity contribution < 1.29 is 19.8 Å². The third kappa shape index (κ3) is 2.92. The van der Waals surface area contributed by atoms with E-state index in [1.165, 1.54) is 23.5 Å². The second-order valence-electron chi connectivity index (χ2n) is 3.98. The van der Waals surface area contributed by atoms with E-state index in [4.69, 9.17) is 5.11 Å². The third-order valence-corrected chi connectivity index (χ3v) is 3.48. The van der Waals surface area contributed by atoms with Crippen molar-refractivity contribution in [3.8, 4) is 5.75 Å². The van der Waals surface area contributed by atoms with Crippen LogP contribution in [0.25, 0.3) is 0 Å². The maximum Gasteiger partial charge on any atom is 0.337 e. The molecule has 0 saturated heterocycles. The van der Waals surface area contributed by atoms with E-state index in [0.717, 1.165) is 11.6 Å². The van der Waals surface area contributed by atoms with Gasteiger partial charge in [-0.25, -0.2) is 4.79 Å². The summed E-state index contributed by atoms with van der Waals surface area (Å²) in [7, 11) is 0. The van der Waals surface area contributed by atoms with Crippen molar-refractivity contribution in [2.24, 2.45) is 0 Å². The van der Waals surface area contributed by atoms with Crippen molar-refractivity contribution in [2.45, 2.75) is 6.92 Å². The van der Waals surface area contributed by atoms with E-state index in [9.17, 15) is 14.7 Å². The number of aromatic hydroxyl groups is 1. The summed E-state index contributed by atoms with van der Waals surface area (Å²) in [5, 5.41) is 22.7. The lowest BCUT2D eigenvalue weighted by Gasteiger charge is -2.07. The number of benzene rings is 1. The molecule has 3 N–H and O–H groups in total. The maximum atomic E-state index is 11.9. The second-order valence-corrected chi connectivity index (χ2v) is 4.89. The van der Waals surface area contributed by atoms with E-state index in [1.54, 1.807) is 6.07 Å². The summed E-state index contributed by atoms with van der Waals surface area (Å²) in [6, 6.07) is 5.50. The Kier molecular flexibility index (Phi) is 3.52. The molecule has 1 aromatic carbocycles. The Bertz CT molecular complexity index is 648. The molecule has 0 unspecified atom stereocenters. The Morgan fingerprint density at radius 3 is 2.58 bits per heavy atom. The number of carbonyl (C=O) groups is 2. The zero-order chi connectivity index (χ0) is 14.0. The molecule has 1 amide bonds. The van der Waals surface area contributed by atoms with Crippen LogP contribution in [0.15, 0.2) is 29.6 Å². The van der Waals surface area contributed by atoms with Crippen LogP contribution >= 0.6 is 11.3 Å². The number of carboxylic acid groups (broad SMARTS) is 1. The molecular formula is C13H11NO4S. The number of amides is 1. The van der Waals surface area contributed by atoms with Crippen LogP contribution in [0.2, 0.25) is 0 Å². The number of carbonyl (C=O) groups excluding carboxylic acids is 1. The zero-order valence-corrected chi connectivity index (χ0v) is 10.8. The van der Waals surface area contributed by atoms with Crippen LogP contribution in [0.3, 0.4) is 0 Å². The number of anilines is 1. The molecule has 0 radical (unpaired) electrons. The van der Waals surface area contributed by atoms with Gasteiger partial charge in [-0.15, -0.1) is 11.3 Å². The fraction of sp³-hybridized carbons (Fsp3) is 0.0769. The SMILES string of the molecule is Cc1csc(C(=O)Nc2ccc(O)cc2C(=O)O)c1. The van der Waals surface area contributed by atoms with Crippen molar-refractivity contribution in [1.29, 1.82) is 0 Å². The van der Waals surface area contributed by atoms with Crippen LogP contribution in [0, 0.1) is 6.92 Å². The smallest absolute Gasteiger partial charge is 0.337 e. The number of nitrogens with one attached hydrogen (secondary N) is 1. The van der Waals surface area contributed by atoms with Crippen molar-refractivity contribution >= 4 is 28.9 Å². The van der Waals surface area contributed by atoms with Gasteiger partial charge >= 0.3 is 5.97 Å². The highest BCUT2D eigenvalue weighted by molar-refractivity contribution is 7.12. The Morgan fingerprint density at radius 1 is 1.26 bits per heavy atom.